The SMILES string of the molecule is CCCCC(C(=O)N1CCC(CCCc2ccccc2)CC1)C1CNCCO1. The molecular weight excluding hydrogens is 348 g/mol. The van der Waals surface area contributed by atoms with E-state index in [-0.39, 0.29) is 12.0 Å². The molecule has 4 heteroatoms. The van der Waals surface area contributed by atoms with Gasteiger partial charge in [-0.2, -0.15) is 0 Å². The molecule has 2 aliphatic rings. The molecule has 0 bridgehead atoms. The maximum Gasteiger partial charge on any atom is 0.228 e. The van der Waals surface area contributed by atoms with Crippen LogP contribution in [0.15, 0.2) is 30.3 Å². The molecule has 1 aromatic carbocycles. The van der Waals surface area contributed by atoms with Crippen molar-refractivity contribution in [2.24, 2.45) is 11.8 Å². The van der Waals surface area contributed by atoms with Crippen LogP contribution in [-0.4, -0.2) is 49.7 Å². The summed E-state index contributed by atoms with van der Waals surface area (Å²) in [6, 6.07) is 10.8. The van der Waals surface area contributed by atoms with Crippen LogP contribution in [-0.2, 0) is 16.0 Å². The van der Waals surface area contributed by atoms with Gasteiger partial charge in [-0.1, -0.05) is 50.1 Å². The van der Waals surface area contributed by atoms with Crippen molar-refractivity contribution in [2.75, 3.05) is 32.8 Å². The van der Waals surface area contributed by atoms with E-state index in [1.807, 2.05) is 0 Å². The Morgan fingerprint density at radius 2 is 2.00 bits per heavy atom. The lowest BCUT2D eigenvalue weighted by atomic mass is 9.88. The molecule has 1 amide bonds. The number of amides is 1. The van der Waals surface area contributed by atoms with Gasteiger partial charge in [-0.3, -0.25) is 4.79 Å². The Morgan fingerprint density at radius 1 is 1.21 bits per heavy atom. The number of morpholine rings is 1. The smallest absolute Gasteiger partial charge is 0.228 e. The molecule has 3 rings (SSSR count). The average Bonchev–Trinajstić information content (AvgIpc) is 2.76. The molecule has 0 spiro atoms. The van der Waals surface area contributed by atoms with Crippen LogP contribution in [0.25, 0.3) is 0 Å². The van der Waals surface area contributed by atoms with E-state index in [9.17, 15) is 4.79 Å². The molecule has 0 aliphatic carbocycles. The van der Waals surface area contributed by atoms with Gasteiger partial charge in [-0.05, 0) is 50.0 Å². The highest BCUT2D eigenvalue weighted by molar-refractivity contribution is 5.79. The van der Waals surface area contributed by atoms with E-state index in [1.54, 1.807) is 0 Å². The van der Waals surface area contributed by atoms with Gasteiger partial charge in [0.1, 0.15) is 0 Å². The quantitative estimate of drug-likeness (QED) is 0.696. The van der Waals surface area contributed by atoms with Crippen LogP contribution in [0.2, 0.25) is 0 Å². The van der Waals surface area contributed by atoms with Crippen LogP contribution in [0.4, 0.5) is 0 Å². The second-order valence-electron chi connectivity index (χ2n) is 8.51. The molecule has 2 unspecified atom stereocenters. The molecule has 0 radical (unpaired) electrons. The number of carbonyl (C=O) groups is 1. The van der Waals surface area contributed by atoms with Crippen molar-refractivity contribution in [1.29, 1.82) is 0 Å². The number of carbonyl (C=O) groups excluding carboxylic acids is 1. The second-order valence-corrected chi connectivity index (χ2v) is 8.51. The molecule has 28 heavy (non-hydrogen) atoms. The Hall–Kier alpha value is -1.39. The number of benzene rings is 1. The van der Waals surface area contributed by atoms with E-state index in [1.165, 1.54) is 24.8 Å². The third-order valence-electron chi connectivity index (χ3n) is 6.44. The minimum Gasteiger partial charge on any atom is -0.375 e. The van der Waals surface area contributed by atoms with Crippen LogP contribution in [0.3, 0.4) is 0 Å². The van der Waals surface area contributed by atoms with E-state index < -0.39 is 0 Å². The zero-order valence-corrected chi connectivity index (χ0v) is 17.6. The van der Waals surface area contributed by atoms with Gasteiger partial charge in [0.25, 0.3) is 0 Å². The van der Waals surface area contributed by atoms with E-state index in [0.29, 0.717) is 5.91 Å². The van der Waals surface area contributed by atoms with E-state index in [0.717, 1.165) is 70.8 Å². The molecule has 2 atom stereocenters. The lowest BCUT2D eigenvalue weighted by Gasteiger charge is -2.37. The molecule has 156 valence electrons. The Labute approximate surface area is 171 Å². The number of aryl methyl sites for hydroxylation is 1. The predicted molar refractivity (Wildman–Crippen MR) is 114 cm³/mol. The van der Waals surface area contributed by atoms with Gasteiger partial charge in [-0.15, -0.1) is 0 Å². The maximum atomic E-state index is 13.2. The highest BCUT2D eigenvalue weighted by atomic mass is 16.5. The highest BCUT2D eigenvalue weighted by Crippen LogP contribution is 2.26. The fourth-order valence-corrected chi connectivity index (χ4v) is 4.65. The third kappa shape index (κ3) is 6.31. The summed E-state index contributed by atoms with van der Waals surface area (Å²) in [5.41, 5.74) is 1.44. The summed E-state index contributed by atoms with van der Waals surface area (Å²) in [5.74, 6) is 1.14. The normalized spacial score (nSPS) is 22.2. The van der Waals surface area contributed by atoms with E-state index in [4.69, 9.17) is 4.74 Å². The van der Waals surface area contributed by atoms with Crippen molar-refractivity contribution in [3.63, 3.8) is 0 Å². The predicted octanol–water partition coefficient (Wildman–Crippen LogP) is 4.04. The minimum atomic E-state index is 0.0300. The van der Waals surface area contributed by atoms with Crippen LogP contribution >= 0.6 is 0 Å². The first kappa shape index (κ1) is 21.3. The van der Waals surface area contributed by atoms with Crippen molar-refractivity contribution in [3.8, 4) is 0 Å². The van der Waals surface area contributed by atoms with Crippen LogP contribution in [0.5, 0.6) is 0 Å². The van der Waals surface area contributed by atoms with Gasteiger partial charge < -0.3 is 15.0 Å². The summed E-state index contributed by atoms with van der Waals surface area (Å²) in [6.07, 6.45) is 9.27. The number of nitrogens with one attached hydrogen (secondary N) is 1. The summed E-state index contributed by atoms with van der Waals surface area (Å²) < 4.78 is 5.96. The van der Waals surface area contributed by atoms with Gasteiger partial charge in [-0.25, -0.2) is 0 Å². The Balaban J connectivity index is 1.43. The topological polar surface area (TPSA) is 41.6 Å². The fourth-order valence-electron chi connectivity index (χ4n) is 4.65. The van der Waals surface area contributed by atoms with Gasteiger partial charge in [0.2, 0.25) is 5.91 Å². The molecule has 2 aliphatic heterocycles. The zero-order valence-electron chi connectivity index (χ0n) is 17.6. The van der Waals surface area contributed by atoms with E-state index in [2.05, 4.69) is 47.5 Å². The number of unbranched alkanes of at least 4 members (excludes halogenated alkanes) is 1. The number of hydrogen-bond acceptors (Lipinski definition) is 3. The Bertz CT molecular complexity index is 563. The van der Waals surface area contributed by atoms with Crippen molar-refractivity contribution < 1.29 is 9.53 Å². The molecule has 2 heterocycles. The average molecular weight is 387 g/mol. The van der Waals surface area contributed by atoms with Crippen molar-refractivity contribution in [3.05, 3.63) is 35.9 Å². The molecule has 2 fully saturated rings. The summed E-state index contributed by atoms with van der Waals surface area (Å²) >= 11 is 0. The highest BCUT2D eigenvalue weighted by Gasteiger charge is 2.34. The van der Waals surface area contributed by atoms with Crippen LogP contribution in [0, 0.1) is 11.8 Å². The van der Waals surface area contributed by atoms with Crippen LogP contribution in [0.1, 0.15) is 57.4 Å². The summed E-state index contributed by atoms with van der Waals surface area (Å²) in [4.78, 5) is 15.4. The van der Waals surface area contributed by atoms with Gasteiger partial charge in [0.15, 0.2) is 0 Å². The number of hydrogen-bond donors (Lipinski definition) is 1. The molecule has 0 saturated carbocycles. The number of rotatable bonds is 9. The standard InChI is InChI=1S/C24H38N2O2/c1-2-3-12-22(23-19-25-15-18-28-23)24(27)26-16-13-21(14-17-26)11-7-10-20-8-5-4-6-9-20/h4-6,8-9,21-23,25H,2-3,7,10-19H2,1H3. The molecule has 0 aromatic heterocycles. The monoisotopic (exact) mass is 386 g/mol. The lowest BCUT2D eigenvalue weighted by Crippen LogP contribution is -2.50. The Morgan fingerprint density at radius 3 is 2.68 bits per heavy atom. The number of piperidine rings is 1. The van der Waals surface area contributed by atoms with Crippen molar-refractivity contribution in [2.45, 2.75) is 64.4 Å². The maximum absolute atomic E-state index is 13.2. The number of likely N-dealkylation sites (tertiary alicyclic amines) is 1. The van der Waals surface area contributed by atoms with Gasteiger partial charge in [0, 0.05) is 26.2 Å². The first-order valence-electron chi connectivity index (χ1n) is 11.4. The third-order valence-corrected chi connectivity index (χ3v) is 6.44. The Kier molecular flexibility index (Phi) is 8.81. The fraction of sp³-hybridized carbons (Fsp3) is 0.708. The second kappa shape index (κ2) is 11.6. The van der Waals surface area contributed by atoms with Gasteiger partial charge >= 0.3 is 0 Å². The molecule has 2 saturated heterocycles. The minimum absolute atomic E-state index is 0.0300. The number of nitrogens with zero attached hydrogens (tertiary/aromatic N) is 1. The van der Waals surface area contributed by atoms with Crippen LogP contribution < -0.4 is 5.32 Å². The molecular formula is C24H38N2O2. The molecule has 4 nitrogen and oxygen atoms in total. The first-order valence-corrected chi connectivity index (χ1v) is 11.4. The van der Waals surface area contributed by atoms with Gasteiger partial charge in [0.05, 0.1) is 18.6 Å². The largest absolute Gasteiger partial charge is 0.375 e. The first-order chi connectivity index (χ1) is 13.8. The van der Waals surface area contributed by atoms with E-state index >= 15 is 0 Å². The molecule has 1 aromatic rings. The summed E-state index contributed by atoms with van der Waals surface area (Å²) in [6.45, 7) is 6.50. The zero-order chi connectivity index (χ0) is 19.6. The lowest BCUT2D eigenvalue weighted by molar-refractivity contribution is -0.144. The summed E-state index contributed by atoms with van der Waals surface area (Å²) in [7, 11) is 0. The number of ether oxygens (including phenoxy) is 1. The molecule has 1 N–H and O–H groups in total. The van der Waals surface area contributed by atoms with Crippen molar-refractivity contribution >= 4 is 5.91 Å². The van der Waals surface area contributed by atoms with Crippen molar-refractivity contribution in [1.82, 2.24) is 10.2 Å². The summed E-state index contributed by atoms with van der Waals surface area (Å²) in [5, 5.41) is 3.40.